The first-order chi connectivity index (χ1) is 18.4. The van der Waals surface area contributed by atoms with Crippen LogP contribution in [0.3, 0.4) is 0 Å². The molecule has 0 radical (unpaired) electrons. The van der Waals surface area contributed by atoms with Crippen LogP contribution in [0.5, 0.6) is 5.75 Å². The van der Waals surface area contributed by atoms with Gasteiger partial charge in [-0.3, -0.25) is 19.5 Å². The number of hydrogen-bond acceptors (Lipinski definition) is 6. The lowest BCUT2D eigenvalue weighted by Gasteiger charge is -2.30. The number of aliphatic hydroxyl groups is 1. The van der Waals surface area contributed by atoms with E-state index in [-0.39, 0.29) is 17.3 Å². The molecule has 5 rings (SSSR count). The normalized spacial score (nSPS) is 19.3. The fourth-order valence-corrected chi connectivity index (χ4v) is 5.42. The van der Waals surface area contributed by atoms with Gasteiger partial charge in [0.15, 0.2) is 0 Å². The van der Waals surface area contributed by atoms with Gasteiger partial charge in [0.25, 0.3) is 11.7 Å². The molecule has 2 aliphatic heterocycles. The molecule has 2 aromatic carbocycles. The molecular weight excluding hydrogens is 478 g/mol. The van der Waals surface area contributed by atoms with Gasteiger partial charge in [-0.05, 0) is 90.9 Å². The molecule has 1 unspecified atom stereocenters. The van der Waals surface area contributed by atoms with Crippen LogP contribution in [0.1, 0.15) is 61.8 Å². The maximum absolute atomic E-state index is 13.5. The van der Waals surface area contributed by atoms with Crippen molar-refractivity contribution in [1.29, 1.82) is 0 Å². The highest BCUT2D eigenvalue weighted by atomic mass is 16.5. The summed E-state index contributed by atoms with van der Waals surface area (Å²) in [5.41, 5.74) is 3.82. The van der Waals surface area contributed by atoms with E-state index in [1.54, 1.807) is 43.8 Å². The number of anilines is 2. The van der Waals surface area contributed by atoms with E-state index in [2.05, 4.69) is 9.88 Å². The number of nitrogens with zero attached hydrogens (tertiary/aromatic N) is 3. The first-order valence-electron chi connectivity index (χ1n) is 13.1. The summed E-state index contributed by atoms with van der Waals surface area (Å²) < 4.78 is 5.49. The molecule has 0 bridgehead atoms. The molecule has 2 saturated heterocycles. The van der Waals surface area contributed by atoms with Crippen LogP contribution in [0, 0.1) is 0 Å². The third-order valence-electron chi connectivity index (χ3n) is 7.44. The Morgan fingerprint density at radius 2 is 1.61 bits per heavy atom. The lowest BCUT2D eigenvalue weighted by molar-refractivity contribution is -0.132. The van der Waals surface area contributed by atoms with Gasteiger partial charge in [-0.25, -0.2) is 0 Å². The van der Waals surface area contributed by atoms with E-state index in [0.717, 1.165) is 24.3 Å². The summed E-state index contributed by atoms with van der Waals surface area (Å²) in [5, 5.41) is 11.5. The van der Waals surface area contributed by atoms with Crippen LogP contribution in [-0.2, 0) is 9.59 Å². The number of methoxy groups -OCH3 is 1. The molecule has 0 spiro atoms. The zero-order valence-electron chi connectivity index (χ0n) is 22.1. The molecule has 196 valence electrons. The Balaban J connectivity index is 1.60. The molecule has 3 aromatic rings. The van der Waals surface area contributed by atoms with Crippen molar-refractivity contribution < 1.29 is 19.4 Å². The van der Waals surface area contributed by atoms with Gasteiger partial charge in [0.1, 0.15) is 11.5 Å². The monoisotopic (exact) mass is 511 g/mol. The van der Waals surface area contributed by atoms with Crippen molar-refractivity contribution in [3.63, 3.8) is 0 Å². The number of benzene rings is 2. The SMILES string of the molecule is COc1ccc(/C(O)=C2/C(=O)C(=O)N(c3ccc(N4CCCCC4)cc3)C2c2ccncc2)cc1C(C)C. The van der Waals surface area contributed by atoms with E-state index in [1.165, 1.54) is 24.2 Å². The molecule has 1 amide bonds. The van der Waals surface area contributed by atoms with Gasteiger partial charge in [-0.2, -0.15) is 0 Å². The number of ether oxygens (including phenoxy) is 1. The number of piperidine rings is 1. The molecule has 7 nitrogen and oxygen atoms in total. The van der Waals surface area contributed by atoms with Gasteiger partial charge < -0.3 is 14.7 Å². The van der Waals surface area contributed by atoms with Gasteiger partial charge >= 0.3 is 0 Å². The summed E-state index contributed by atoms with van der Waals surface area (Å²) in [5.74, 6) is -0.754. The van der Waals surface area contributed by atoms with Gasteiger partial charge in [-0.15, -0.1) is 0 Å². The van der Waals surface area contributed by atoms with E-state index in [1.807, 2.05) is 44.2 Å². The number of rotatable bonds is 6. The average molecular weight is 512 g/mol. The Hall–Kier alpha value is -4.13. The third-order valence-corrected chi connectivity index (χ3v) is 7.44. The minimum absolute atomic E-state index is 0.0566. The molecule has 2 fully saturated rings. The van der Waals surface area contributed by atoms with Crippen molar-refractivity contribution in [2.24, 2.45) is 0 Å². The lowest BCUT2D eigenvalue weighted by Crippen LogP contribution is -2.30. The molecule has 2 aliphatic rings. The molecule has 38 heavy (non-hydrogen) atoms. The number of carbonyl (C=O) groups is 2. The molecule has 3 heterocycles. The van der Waals surface area contributed by atoms with Crippen molar-refractivity contribution >= 4 is 28.8 Å². The van der Waals surface area contributed by atoms with Crippen molar-refractivity contribution in [1.82, 2.24) is 4.98 Å². The van der Waals surface area contributed by atoms with Crippen LogP contribution in [0.25, 0.3) is 5.76 Å². The maximum atomic E-state index is 13.5. The first kappa shape index (κ1) is 25.5. The fourth-order valence-electron chi connectivity index (χ4n) is 5.42. The van der Waals surface area contributed by atoms with Gasteiger partial charge in [0.2, 0.25) is 0 Å². The number of hydrogen-bond donors (Lipinski definition) is 1. The first-order valence-corrected chi connectivity index (χ1v) is 13.1. The number of pyridine rings is 1. The number of ketones is 1. The van der Waals surface area contributed by atoms with Gasteiger partial charge in [-0.1, -0.05) is 13.8 Å². The van der Waals surface area contributed by atoms with E-state index in [0.29, 0.717) is 22.6 Å². The van der Waals surface area contributed by atoms with Crippen molar-refractivity contribution in [3.8, 4) is 5.75 Å². The number of aliphatic hydroxyl groups excluding tert-OH is 1. The highest BCUT2D eigenvalue weighted by Gasteiger charge is 2.47. The van der Waals surface area contributed by atoms with Gasteiger partial charge in [0.05, 0.1) is 18.7 Å². The summed E-state index contributed by atoms with van der Waals surface area (Å²) in [6.07, 6.45) is 6.83. The summed E-state index contributed by atoms with van der Waals surface area (Å²) in [6.45, 7) is 6.10. The van der Waals surface area contributed by atoms with Crippen molar-refractivity contribution in [3.05, 3.63) is 89.3 Å². The quantitative estimate of drug-likeness (QED) is 0.255. The molecule has 0 aliphatic carbocycles. The van der Waals surface area contributed by atoms with Gasteiger partial charge in [0, 0.05) is 42.4 Å². The predicted octanol–water partition coefficient (Wildman–Crippen LogP) is 5.83. The second-order valence-electron chi connectivity index (χ2n) is 10.1. The minimum atomic E-state index is -0.788. The van der Waals surface area contributed by atoms with Crippen LogP contribution >= 0.6 is 0 Å². The van der Waals surface area contributed by atoms with E-state index in [4.69, 9.17) is 4.74 Å². The van der Waals surface area contributed by atoms with E-state index < -0.39 is 17.7 Å². The summed E-state index contributed by atoms with van der Waals surface area (Å²) in [4.78, 5) is 34.9. The summed E-state index contributed by atoms with van der Waals surface area (Å²) >= 11 is 0. The molecular formula is C31H33N3O4. The Morgan fingerprint density at radius 3 is 2.24 bits per heavy atom. The summed E-state index contributed by atoms with van der Waals surface area (Å²) in [7, 11) is 1.60. The average Bonchev–Trinajstić information content (AvgIpc) is 3.23. The molecule has 1 atom stereocenters. The molecule has 1 N–H and O–H groups in total. The lowest BCUT2D eigenvalue weighted by atomic mass is 9.93. The molecule has 1 aromatic heterocycles. The molecule has 0 saturated carbocycles. The zero-order valence-corrected chi connectivity index (χ0v) is 22.1. The number of Topliss-reactive ketones (excluding diaryl/α,β-unsaturated/α-hetero) is 1. The largest absolute Gasteiger partial charge is 0.507 e. The standard InChI is InChI=1S/C31H33N3O4/c1-20(2)25-19-22(7-12-26(25)38-3)29(35)27-28(21-13-15-32-16-14-21)34(31(37)30(27)36)24-10-8-23(9-11-24)33-17-5-4-6-18-33/h7-16,19-20,28,35H,4-6,17-18H2,1-3H3/b29-27-. The second-order valence-corrected chi connectivity index (χ2v) is 10.1. The smallest absolute Gasteiger partial charge is 0.300 e. The Morgan fingerprint density at radius 1 is 0.947 bits per heavy atom. The topological polar surface area (TPSA) is 83.0 Å². The van der Waals surface area contributed by atoms with E-state index >= 15 is 0 Å². The van der Waals surface area contributed by atoms with Crippen molar-refractivity contribution in [2.45, 2.75) is 45.1 Å². The Bertz CT molecular complexity index is 1360. The second kappa shape index (κ2) is 10.7. The van der Waals surface area contributed by atoms with Crippen LogP contribution < -0.4 is 14.5 Å². The number of carbonyl (C=O) groups excluding carboxylic acids is 2. The Labute approximate surface area is 223 Å². The third kappa shape index (κ3) is 4.64. The van der Waals surface area contributed by atoms with Crippen LogP contribution in [-0.4, -0.2) is 42.0 Å². The highest BCUT2D eigenvalue weighted by molar-refractivity contribution is 6.51. The fraction of sp³-hybridized carbons (Fsp3) is 0.323. The van der Waals surface area contributed by atoms with Crippen LogP contribution in [0.2, 0.25) is 0 Å². The highest BCUT2D eigenvalue weighted by Crippen LogP contribution is 2.43. The Kier molecular flexibility index (Phi) is 7.18. The minimum Gasteiger partial charge on any atom is -0.507 e. The van der Waals surface area contributed by atoms with Crippen LogP contribution in [0.4, 0.5) is 11.4 Å². The number of aromatic nitrogens is 1. The maximum Gasteiger partial charge on any atom is 0.300 e. The molecule has 7 heteroatoms. The van der Waals surface area contributed by atoms with Crippen LogP contribution in [0.15, 0.2) is 72.6 Å². The zero-order chi connectivity index (χ0) is 26.8. The predicted molar refractivity (Wildman–Crippen MR) is 149 cm³/mol. The summed E-state index contributed by atoms with van der Waals surface area (Å²) in [6, 6.07) is 15.8. The number of amides is 1. The van der Waals surface area contributed by atoms with E-state index in [9.17, 15) is 14.7 Å². The van der Waals surface area contributed by atoms with Crippen molar-refractivity contribution in [2.75, 3.05) is 30.0 Å².